The van der Waals surface area contributed by atoms with Crippen molar-refractivity contribution < 1.29 is 80.2 Å². The second-order valence-corrected chi connectivity index (χ2v) is 8.09. The third kappa shape index (κ3) is 9.00. The molecule has 13 atom stereocenters. The van der Waals surface area contributed by atoms with Crippen LogP contribution in [0.4, 0.5) is 0 Å². The minimum atomic E-state index is -2.24. The van der Waals surface area contributed by atoms with Gasteiger partial charge in [0.2, 0.25) is 0 Å². The van der Waals surface area contributed by atoms with Gasteiger partial charge in [-0.1, -0.05) is 0 Å². The quantitative estimate of drug-likeness (QED) is 0.0839. The predicted octanol–water partition coefficient (Wildman–Crippen LogP) is -6.95. The third-order valence-electron chi connectivity index (χ3n) is 5.57. The average molecular weight is 522 g/mol. The summed E-state index contributed by atoms with van der Waals surface area (Å²) >= 11 is 0. The molecule has 16 nitrogen and oxygen atoms in total. The largest absolute Gasteiger partial charge is 0.396 e. The van der Waals surface area contributed by atoms with Crippen molar-refractivity contribution in [3.8, 4) is 0 Å². The third-order valence-corrected chi connectivity index (χ3v) is 5.57. The second kappa shape index (κ2) is 15.6. The highest BCUT2D eigenvalue weighted by Gasteiger charge is 2.44. The fraction of sp³-hybridized carbons (Fsp3) is 1.00. The maximum Gasteiger partial charge on any atom is 0.186 e. The van der Waals surface area contributed by atoms with Gasteiger partial charge in [0.25, 0.3) is 0 Å². The average Bonchev–Trinajstić information content (AvgIpc) is 2.85. The fourth-order valence-corrected chi connectivity index (χ4v) is 3.31. The van der Waals surface area contributed by atoms with Gasteiger partial charge in [0.15, 0.2) is 18.9 Å². The van der Waals surface area contributed by atoms with Gasteiger partial charge in [-0.05, 0) is 12.8 Å². The van der Waals surface area contributed by atoms with E-state index in [9.17, 15) is 56.2 Å². The van der Waals surface area contributed by atoms with Crippen molar-refractivity contribution in [1.82, 2.24) is 0 Å². The van der Waals surface area contributed by atoms with Gasteiger partial charge in [0.05, 0.1) is 25.4 Å². The topological polar surface area (TPSA) is 280 Å². The lowest BCUT2D eigenvalue weighted by atomic mass is 9.99. The highest BCUT2D eigenvalue weighted by Crippen LogP contribution is 2.23. The van der Waals surface area contributed by atoms with Gasteiger partial charge in [-0.2, -0.15) is 0 Å². The highest BCUT2D eigenvalue weighted by atomic mass is 16.7. The molecule has 0 amide bonds. The lowest BCUT2D eigenvalue weighted by Gasteiger charge is -2.40. The first-order chi connectivity index (χ1) is 16.4. The number of hydrogen-bond donors (Lipinski definition) is 12. The van der Waals surface area contributed by atoms with E-state index in [2.05, 4.69) is 4.74 Å². The molecule has 0 saturated carbocycles. The molecular formula is C19H38O16. The summed E-state index contributed by atoms with van der Waals surface area (Å²) in [5.41, 5.74) is 0. The molecule has 0 radical (unpaired) electrons. The summed E-state index contributed by atoms with van der Waals surface area (Å²) < 4.78 is 20.1. The van der Waals surface area contributed by atoms with E-state index in [0.717, 1.165) is 7.11 Å². The Labute approximate surface area is 200 Å². The molecule has 16 heteroatoms. The first-order valence-corrected chi connectivity index (χ1v) is 10.9. The van der Waals surface area contributed by atoms with E-state index in [-0.39, 0.29) is 6.42 Å². The molecule has 1 saturated heterocycles. The summed E-state index contributed by atoms with van der Waals surface area (Å²) in [6, 6.07) is 0. The molecule has 1 heterocycles. The van der Waals surface area contributed by atoms with Crippen LogP contribution in [-0.2, 0) is 18.9 Å². The number of rotatable bonds is 16. The van der Waals surface area contributed by atoms with Gasteiger partial charge < -0.3 is 80.2 Å². The maximum absolute atomic E-state index is 10.4. The summed E-state index contributed by atoms with van der Waals surface area (Å²) in [6.45, 7) is -1.69. The van der Waals surface area contributed by atoms with Gasteiger partial charge in [-0.15, -0.1) is 0 Å². The van der Waals surface area contributed by atoms with E-state index in [1.165, 1.54) is 0 Å². The molecule has 210 valence electrons. The Bertz CT molecular complexity index is 569. The van der Waals surface area contributed by atoms with Gasteiger partial charge in [-0.3, -0.25) is 0 Å². The first kappa shape index (κ1) is 32.4. The summed E-state index contributed by atoms with van der Waals surface area (Å²) in [7, 11) is 1.02. The van der Waals surface area contributed by atoms with Crippen LogP contribution in [0.3, 0.4) is 0 Å². The van der Waals surface area contributed by atoms with E-state index < -0.39 is 106 Å². The molecule has 12 N–H and O–H groups in total. The highest BCUT2D eigenvalue weighted by molar-refractivity contribution is 4.89. The minimum absolute atomic E-state index is 0.331. The molecule has 1 aliphatic heterocycles. The van der Waals surface area contributed by atoms with E-state index in [0.29, 0.717) is 0 Å². The zero-order valence-electron chi connectivity index (χ0n) is 19.0. The van der Waals surface area contributed by atoms with Gasteiger partial charge >= 0.3 is 0 Å². The molecular weight excluding hydrogens is 484 g/mol. The molecule has 0 aromatic carbocycles. The van der Waals surface area contributed by atoms with Crippen LogP contribution in [0.2, 0.25) is 0 Å². The van der Waals surface area contributed by atoms with Crippen LogP contribution in [0.5, 0.6) is 0 Å². The number of aliphatic hydroxyl groups is 12. The van der Waals surface area contributed by atoms with Crippen molar-refractivity contribution in [3.63, 3.8) is 0 Å². The Morgan fingerprint density at radius 3 is 1.89 bits per heavy atom. The number of ether oxygens (including phenoxy) is 4. The van der Waals surface area contributed by atoms with Gasteiger partial charge in [0, 0.05) is 13.7 Å². The normalized spacial score (nSPS) is 32.3. The first-order valence-electron chi connectivity index (χ1n) is 10.9. The molecule has 0 spiro atoms. The smallest absolute Gasteiger partial charge is 0.186 e. The van der Waals surface area contributed by atoms with Crippen LogP contribution < -0.4 is 0 Å². The van der Waals surface area contributed by atoms with E-state index in [4.69, 9.17) is 19.3 Å². The van der Waals surface area contributed by atoms with Crippen LogP contribution in [0.1, 0.15) is 12.8 Å². The zero-order chi connectivity index (χ0) is 26.9. The second-order valence-electron chi connectivity index (χ2n) is 8.09. The standard InChI is InChI=1S/C19H38O16/c1-32-17(30)15(28)11(24)8(34-18(31)14(27)10(23)7(22)2-4-20)3-5-33-19-16(29)13(26)12(25)9(6-21)35-19/h7-31H,2-6H2,1H3/t7-,8-,9?,10+,11+,12+,13+,14?,15?,16?,17+,18+,19+/m1/s1. The zero-order valence-corrected chi connectivity index (χ0v) is 19.0. The van der Waals surface area contributed by atoms with Crippen molar-refractivity contribution in [2.24, 2.45) is 0 Å². The lowest BCUT2D eigenvalue weighted by Crippen LogP contribution is -2.59. The molecule has 0 bridgehead atoms. The SMILES string of the molecule is CO[C@H](O)C(O)[C@@H](O)[C@@H](CCO[C@H]1OC(CO)[C@H](O)[C@H](O)C1O)O[C@H](O)C(O)[C@@H](O)[C@H](O)CCO. The molecule has 0 aromatic heterocycles. The van der Waals surface area contributed by atoms with Crippen LogP contribution in [-0.4, -0.2) is 168 Å². The predicted molar refractivity (Wildman–Crippen MR) is 110 cm³/mol. The number of aliphatic hydroxyl groups excluding tert-OH is 12. The number of hydrogen-bond acceptors (Lipinski definition) is 16. The van der Waals surface area contributed by atoms with Crippen molar-refractivity contribution in [2.45, 2.75) is 92.8 Å². The van der Waals surface area contributed by atoms with Crippen molar-refractivity contribution in [2.75, 3.05) is 26.9 Å². The lowest BCUT2D eigenvalue weighted by molar-refractivity contribution is -0.304. The Kier molecular flexibility index (Phi) is 14.4. The number of methoxy groups -OCH3 is 1. The van der Waals surface area contributed by atoms with Crippen molar-refractivity contribution in [3.05, 3.63) is 0 Å². The Balaban J connectivity index is 2.87. The molecule has 1 rings (SSSR count). The summed E-state index contributed by atoms with van der Waals surface area (Å²) in [6.07, 6.45) is -24.0. The van der Waals surface area contributed by atoms with Crippen LogP contribution in [0.25, 0.3) is 0 Å². The Hall–Kier alpha value is -0.640. The monoisotopic (exact) mass is 522 g/mol. The van der Waals surface area contributed by atoms with Crippen LogP contribution in [0.15, 0.2) is 0 Å². The summed E-state index contributed by atoms with van der Waals surface area (Å²) in [5, 5.41) is 117. The molecule has 4 unspecified atom stereocenters. The Morgan fingerprint density at radius 1 is 0.743 bits per heavy atom. The van der Waals surface area contributed by atoms with Crippen LogP contribution in [0, 0.1) is 0 Å². The Morgan fingerprint density at radius 2 is 1.34 bits per heavy atom. The van der Waals surface area contributed by atoms with E-state index in [1.807, 2.05) is 0 Å². The van der Waals surface area contributed by atoms with E-state index in [1.54, 1.807) is 0 Å². The van der Waals surface area contributed by atoms with Gasteiger partial charge in [-0.25, -0.2) is 0 Å². The van der Waals surface area contributed by atoms with Crippen LogP contribution >= 0.6 is 0 Å². The van der Waals surface area contributed by atoms with E-state index >= 15 is 0 Å². The molecule has 1 fully saturated rings. The molecule has 1 aliphatic rings. The van der Waals surface area contributed by atoms with Gasteiger partial charge in [0.1, 0.15) is 48.8 Å². The fourth-order valence-electron chi connectivity index (χ4n) is 3.31. The van der Waals surface area contributed by atoms with Crippen molar-refractivity contribution in [1.29, 1.82) is 0 Å². The molecule has 35 heavy (non-hydrogen) atoms. The molecule has 0 aromatic rings. The minimum Gasteiger partial charge on any atom is -0.396 e. The maximum atomic E-state index is 10.4. The molecule has 0 aliphatic carbocycles. The summed E-state index contributed by atoms with van der Waals surface area (Å²) in [4.78, 5) is 0. The summed E-state index contributed by atoms with van der Waals surface area (Å²) in [5.74, 6) is 0. The van der Waals surface area contributed by atoms with Crippen molar-refractivity contribution >= 4 is 0 Å².